The monoisotopic (exact) mass is 547 g/mol. The molecule has 3 aromatic heterocycles. The van der Waals surface area contributed by atoms with E-state index in [9.17, 15) is 5.11 Å². The van der Waals surface area contributed by atoms with E-state index < -0.39 is 5.79 Å². The molecule has 8 nitrogen and oxygen atoms in total. The Morgan fingerprint density at radius 3 is 2.45 bits per heavy atom. The highest BCUT2D eigenvalue weighted by Gasteiger charge is 2.27. The molecule has 1 fully saturated rings. The fourth-order valence-corrected chi connectivity index (χ4v) is 5.57. The van der Waals surface area contributed by atoms with Crippen molar-refractivity contribution < 1.29 is 15.3 Å². The van der Waals surface area contributed by atoms with Crippen molar-refractivity contribution in [2.24, 2.45) is 5.92 Å². The molecule has 2 atom stereocenters. The maximum Gasteiger partial charge on any atom is 0.156 e. The van der Waals surface area contributed by atoms with E-state index in [0.29, 0.717) is 12.0 Å². The van der Waals surface area contributed by atoms with Gasteiger partial charge in [0, 0.05) is 41.4 Å². The summed E-state index contributed by atoms with van der Waals surface area (Å²) in [6.45, 7) is 9.28. The van der Waals surface area contributed by atoms with Crippen LogP contribution in [0, 0.1) is 5.92 Å². The summed E-state index contributed by atoms with van der Waals surface area (Å²) >= 11 is 0. The summed E-state index contributed by atoms with van der Waals surface area (Å²) in [4.78, 5) is 13.6. The van der Waals surface area contributed by atoms with Gasteiger partial charge in [0.2, 0.25) is 0 Å². The lowest BCUT2D eigenvalue weighted by Gasteiger charge is -2.21. The van der Waals surface area contributed by atoms with Crippen molar-refractivity contribution in [3.8, 4) is 0 Å². The van der Waals surface area contributed by atoms with E-state index in [-0.39, 0.29) is 12.1 Å². The van der Waals surface area contributed by atoms with Crippen molar-refractivity contribution in [1.29, 1.82) is 0 Å². The number of benzene rings is 1. The maximum atomic E-state index is 9.44. The van der Waals surface area contributed by atoms with Gasteiger partial charge >= 0.3 is 0 Å². The Bertz CT molecular complexity index is 1400. The molecular weight excluding hydrogens is 502 g/mol. The quantitative estimate of drug-likeness (QED) is 0.206. The lowest BCUT2D eigenvalue weighted by atomic mass is 9.92. The predicted molar refractivity (Wildman–Crippen MR) is 161 cm³/mol. The Labute approximate surface area is 237 Å². The van der Waals surface area contributed by atoms with E-state index in [2.05, 4.69) is 77.2 Å². The van der Waals surface area contributed by atoms with Crippen LogP contribution in [-0.2, 0) is 12.8 Å². The normalized spacial score (nSPS) is 17.7. The van der Waals surface area contributed by atoms with Gasteiger partial charge in [-0.15, -0.1) is 0 Å². The van der Waals surface area contributed by atoms with Gasteiger partial charge < -0.3 is 25.2 Å². The van der Waals surface area contributed by atoms with Crippen molar-refractivity contribution in [3.63, 3.8) is 0 Å². The van der Waals surface area contributed by atoms with Gasteiger partial charge in [0.25, 0.3) is 0 Å². The zero-order chi connectivity index (χ0) is 28.9. The number of pyridine rings is 1. The van der Waals surface area contributed by atoms with Crippen LogP contribution in [0.3, 0.4) is 0 Å². The summed E-state index contributed by atoms with van der Waals surface area (Å²) in [6.07, 6.45) is 13.3. The van der Waals surface area contributed by atoms with Gasteiger partial charge in [-0.1, -0.05) is 0 Å². The molecule has 0 radical (unpaired) electrons. The highest BCUT2D eigenvalue weighted by atomic mass is 16.5. The summed E-state index contributed by atoms with van der Waals surface area (Å²) in [6, 6.07) is 11.5. The molecule has 8 heteroatoms. The number of aryl methyl sites for hydroxylation is 2. The standard InChI is InChI=1S/C29H37N5O.C3H8O2/c1-29(2,3)33-27-11-9-23-16-21(5-4-14-35)22(17-26(23)32-27)8-6-20-7-10-25(15-20)34-13-12-24-18-30-19-31-28(24)34;1-3(2,4)5/h9,11-13,16-20,25,35H,4-8,10,14-15H2,1-3H3,(H,32,33);4-5H,1-2H3. The number of fused-ring (bicyclic) bond motifs is 2. The summed E-state index contributed by atoms with van der Waals surface area (Å²) in [5.41, 5.74) is 4.81. The zero-order valence-corrected chi connectivity index (χ0v) is 24.6. The average molecular weight is 548 g/mol. The second kappa shape index (κ2) is 12.6. The van der Waals surface area contributed by atoms with E-state index in [1.807, 2.05) is 6.20 Å². The van der Waals surface area contributed by atoms with Crippen LogP contribution in [0.4, 0.5) is 5.82 Å². The molecule has 0 saturated heterocycles. The molecule has 3 heterocycles. The van der Waals surface area contributed by atoms with Gasteiger partial charge in [-0.2, -0.15) is 0 Å². The van der Waals surface area contributed by atoms with Gasteiger partial charge in [0.15, 0.2) is 5.79 Å². The minimum absolute atomic E-state index is 0.0271. The molecule has 1 aliphatic rings. The maximum absolute atomic E-state index is 9.44. The van der Waals surface area contributed by atoms with Crippen LogP contribution in [0.5, 0.6) is 0 Å². The van der Waals surface area contributed by atoms with Crippen molar-refractivity contribution in [1.82, 2.24) is 19.5 Å². The summed E-state index contributed by atoms with van der Waals surface area (Å²) in [7, 11) is 0. The van der Waals surface area contributed by atoms with Gasteiger partial charge in [-0.05, 0) is 127 Å². The molecular formula is C32H45N5O3. The minimum atomic E-state index is -1.50. The Morgan fingerprint density at radius 1 is 0.975 bits per heavy atom. The van der Waals surface area contributed by atoms with Crippen molar-refractivity contribution >= 4 is 27.8 Å². The number of hydrogen-bond donors (Lipinski definition) is 4. The van der Waals surface area contributed by atoms with Crippen LogP contribution in [-0.4, -0.2) is 52.8 Å². The number of aliphatic hydroxyl groups is 3. The number of nitrogens with zero attached hydrogens (tertiary/aromatic N) is 4. The summed E-state index contributed by atoms with van der Waals surface area (Å²) < 4.78 is 2.35. The fraction of sp³-hybridized carbons (Fsp3) is 0.531. The first-order valence-corrected chi connectivity index (χ1v) is 14.4. The molecule has 0 spiro atoms. The van der Waals surface area contributed by atoms with E-state index in [1.54, 1.807) is 6.33 Å². The SMILES string of the molecule is CC(C)(C)Nc1ccc2cc(CCCO)c(CCC3CCC(n4ccc5cncnc54)C3)cc2n1.CC(C)(O)O. The van der Waals surface area contributed by atoms with Crippen LogP contribution in [0.15, 0.2) is 49.1 Å². The fourth-order valence-electron chi connectivity index (χ4n) is 5.57. The Kier molecular flexibility index (Phi) is 9.44. The van der Waals surface area contributed by atoms with Crippen LogP contribution in [0.1, 0.15) is 83.9 Å². The molecule has 5 rings (SSSR count). The van der Waals surface area contributed by atoms with E-state index >= 15 is 0 Å². The highest BCUT2D eigenvalue weighted by Crippen LogP contribution is 2.39. The van der Waals surface area contributed by atoms with Gasteiger partial charge in [0.1, 0.15) is 17.8 Å². The summed E-state index contributed by atoms with van der Waals surface area (Å²) in [5, 5.41) is 31.4. The second-order valence-electron chi connectivity index (χ2n) is 12.6. The first kappa shape index (κ1) is 29.9. The van der Waals surface area contributed by atoms with E-state index in [1.165, 1.54) is 56.0 Å². The molecule has 2 unspecified atom stereocenters. The molecule has 0 amide bonds. The third-order valence-corrected chi connectivity index (χ3v) is 7.22. The average Bonchev–Trinajstić information content (AvgIpc) is 3.51. The van der Waals surface area contributed by atoms with Crippen molar-refractivity contribution in [2.45, 2.75) is 96.9 Å². The third-order valence-electron chi connectivity index (χ3n) is 7.22. The number of nitrogens with one attached hydrogen (secondary N) is 1. The lowest BCUT2D eigenvalue weighted by Crippen LogP contribution is -2.26. The predicted octanol–water partition coefficient (Wildman–Crippen LogP) is 5.80. The van der Waals surface area contributed by atoms with Crippen molar-refractivity contribution in [2.75, 3.05) is 11.9 Å². The zero-order valence-electron chi connectivity index (χ0n) is 24.6. The number of anilines is 1. The Balaban J connectivity index is 0.000000681. The minimum Gasteiger partial charge on any atom is -0.396 e. The van der Waals surface area contributed by atoms with Crippen LogP contribution in [0.2, 0.25) is 0 Å². The first-order valence-electron chi connectivity index (χ1n) is 14.4. The Morgan fingerprint density at radius 2 is 1.73 bits per heavy atom. The number of hydrogen-bond acceptors (Lipinski definition) is 7. The topological polar surface area (TPSA) is 116 Å². The van der Waals surface area contributed by atoms with Gasteiger partial charge in [-0.3, -0.25) is 0 Å². The van der Waals surface area contributed by atoms with Crippen LogP contribution in [0.25, 0.3) is 21.9 Å². The van der Waals surface area contributed by atoms with E-state index in [4.69, 9.17) is 15.2 Å². The molecule has 0 bridgehead atoms. The molecule has 1 aliphatic carbocycles. The van der Waals surface area contributed by atoms with E-state index in [0.717, 1.165) is 41.6 Å². The Hall–Kier alpha value is -3.07. The van der Waals surface area contributed by atoms with Gasteiger partial charge in [-0.25, -0.2) is 15.0 Å². The molecule has 40 heavy (non-hydrogen) atoms. The molecule has 4 N–H and O–H groups in total. The first-order chi connectivity index (χ1) is 18.9. The largest absolute Gasteiger partial charge is 0.396 e. The molecule has 1 saturated carbocycles. The van der Waals surface area contributed by atoms with Crippen LogP contribution < -0.4 is 5.32 Å². The number of rotatable bonds is 8. The molecule has 0 aliphatic heterocycles. The molecule has 4 aromatic rings. The molecule has 216 valence electrons. The van der Waals surface area contributed by atoms with Gasteiger partial charge in [0.05, 0.1) is 5.52 Å². The smallest absolute Gasteiger partial charge is 0.156 e. The number of aromatic nitrogens is 4. The lowest BCUT2D eigenvalue weighted by molar-refractivity contribution is -0.127. The van der Waals surface area contributed by atoms with Crippen LogP contribution >= 0.6 is 0 Å². The van der Waals surface area contributed by atoms with Crippen molar-refractivity contribution in [3.05, 3.63) is 60.2 Å². The molecule has 1 aromatic carbocycles. The summed E-state index contributed by atoms with van der Waals surface area (Å²) in [5.74, 6) is 0.128. The third kappa shape index (κ3) is 8.46. The highest BCUT2D eigenvalue weighted by molar-refractivity contribution is 5.82. The second-order valence-corrected chi connectivity index (χ2v) is 12.6. The number of aliphatic hydroxyl groups excluding tert-OH is 1.